The Morgan fingerprint density at radius 1 is 1.20 bits per heavy atom. The van der Waals surface area contributed by atoms with E-state index in [1.807, 2.05) is 61.5 Å². The van der Waals surface area contributed by atoms with Gasteiger partial charge in [0, 0.05) is 54.8 Å². The molecule has 0 bridgehead atoms. The molecule has 2 aromatic heterocycles. The zero-order chi connectivity index (χ0) is 24.9. The van der Waals surface area contributed by atoms with E-state index in [9.17, 15) is 14.1 Å². The van der Waals surface area contributed by atoms with Crippen LogP contribution in [0.1, 0.15) is 54.8 Å². The van der Waals surface area contributed by atoms with Gasteiger partial charge in [0.1, 0.15) is 5.69 Å². The molecule has 0 saturated heterocycles. The summed E-state index contributed by atoms with van der Waals surface area (Å²) in [6.45, 7) is 6.55. The lowest BCUT2D eigenvalue weighted by molar-refractivity contribution is 0.0951. The summed E-state index contributed by atoms with van der Waals surface area (Å²) >= 11 is -1.47. The molecule has 1 aromatic carbocycles. The van der Waals surface area contributed by atoms with Crippen LogP contribution in [0.2, 0.25) is 0 Å². The Balaban J connectivity index is 1.86. The van der Waals surface area contributed by atoms with Crippen LogP contribution < -0.4 is 10.0 Å². The second-order valence-corrected chi connectivity index (χ2v) is 9.94. The summed E-state index contributed by atoms with van der Waals surface area (Å²) < 4.78 is 18.1. The number of aromatic nitrogens is 2. The van der Waals surface area contributed by atoms with Crippen LogP contribution in [-0.4, -0.2) is 48.7 Å². The van der Waals surface area contributed by atoms with E-state index in [2.05, 4.69) is 15.0 Å². The van der Waals surface area contributed by atoms with Crippen molar-refractivity contribution in [3.8, 4) is 22.4 Å². The average molecular weight is 494 g/mol. The third kappa shape index (κ3) is 5.48. The molecule has 1 amide bonds. The van der Waals surface area contributed by atoms with Crippen molar-refractivity contribution >= 4 is 17.1 Å². The van der Waals surface area contributed by atoms with Crippen molar-refractivity contribution in [3.63, 3.8) is 0 Å². The molecule has 0 spiro atoms. The van der Waals surface area contributed by atoms with Gasteiger partial charge in [-0.05, 0) is 56.5 Å². The number of aliphatic hydroxyl groups is 1. The van der Waals surface area contributed by atoms with Crippen molar-refractivity contribution in [1.82, 2.24) is 24.3 Å². The Morgan fingerprint density at radius 3 is 2.66 bits per heavy atom. The topological polar surface area (TPSA) is 107 Å². The summed E-state index contributed by atoms with van der Waals surface area (Å²) in [5, 5.41) is 12.7. The van der Waals surface area contributed by atoms with Gasteiger partial charge in [-0.3, -0.25) is 9.78 Å². The molecule has 2 atom stereocenters. The fraction of sp³-hybridized carbons (Fsp3) is 0.346. The number of hydrogen-bond acceptors (Lipinski definition) is 5. The maximum absolute atomic E-state index is 13.2. The second-order valence-electron chi connectivity index (χ2n) is 8.74. The minimum absolute atomic E-state index is 0.0222. The molecule has 35 heavy (non-hydrogen) atoms. The monoisotopic (exact) mass is 493 g/mol. The van der Waals surface area contributed by atoms with E-state index >= 15 is 0 Å². The van der Waals surface area contributed by atoms with Crippen molar-refractivity contribution in [2.45, 2.75) is 45.8 Å². The first kappa shape index (κ1) is 25.1. The molecule has 184 valence electrons. The number of amides is 1. The molecule has 0 aliphatic carbocycles. The van der Waals surface area contributed by atoms with Gasteiger partial charge < -0.3 is 10.4 Å². The number of aliphatic hydroxyl groups excluding tert-OH is 1. The van der Waals surface area contributed by atoms with E-state index in [0.29, 0.717) is 30.9 Å². The van der Waals surface area contributed by atoms with Crippen LogP contribution in [-0.2, 0) is 17.7 Å². The minimum Gasteiger partial charge on any atom is -0.396 e. The van der Waals surface area contributed by atoms with Crippen LogP contribution in [0.15, 0.2) is 54.9 Å². The first-order valence-corrected chi connectivity index (χ1v) is 12.9. The molecule has 3 N–H and O–H groups in total. The first-order chi connectivity index (χ1) is 16.9. The second kappa shape index (κ2) is 11.2. The lowest BCUT2D eigenvalue weighted by Crippen LogP contribution is -2.37. The van der Waals surface area contributed by atoms with E-state index in [1.54, 1.807) is 18.5 Å². The van der Waals surface area contributed by atoms with Crippen molar-refractivity contribution < 1.29 is 14.1 Å². The number of fused-ring (bicyclic) bond motifs is 1. The van der Waals surface area contributed by atoms with Crippen LogP contribution in [0, 0.1) is 0 Å². The molecule has 4 rings (SSSR count). The smallest absolute Gasteiger partial charge is 0.269 e. The van der Waals surface area contributed by atoms with E-state index < -0.39 is 11.2 Å². The molecule has 0 fully saturated rings. The van der Waals surface area contributed by atoms with Gasteiger partial charge >= 0.3 is 0 Å². The highest BCUT2D eigenvalue weighted by Gasteiger charge is 2.37. The highest BCUT2D eigenvalue weighted by Crippen LogP contribution is 2.42. The number of nitrogens with one attached hydrogen (secondary N) is 2. The number of carbonyl (C=O) groups is 1. The lowest BCUT2D eigenvalue weighted by atomic mass is 9.94. The van der Waals surface area contributed by atoms with Gasteiger partial charge in [-0.2, -0.15) is 4.31 Å². The quantitative estimate of drug-likeness (QED) is 0.424. The number of benzene rings is 1. The molecule has 3 aromatic rings. The molecular formula is C26H31N5O3S. The van der Waals surface area contributed by atoms with E-state index in [-0.39, 0.29) is 24.6 Å². The van der Waals surface area contributed by atoms with E-state index in [4.69, 9.17) is 4.98 Å². The zero-order valence-corrected chi connectivity index (χ0v) is 21.0. The third-order valence-electron chi connectivity index (χ3n) is 5.80. The van der Waals surface area contributed by atoms with Gasteiger partial charge in [0.2, 0.25) is 0 Å². The van der Waals surface area contributed by atoms with E-state index in [0.717, 1.165) is 27.8 Å². The van der Waals surface area contributed by atoms with E-state index in [1.165, 1.54) is 0 Å². The molecule has 1 aliphatic heterocycles. The summed E-state index contributed by atoms with van der Waals surface area (Å²) in [5.41, 5.74) is 5.57. The van der Waals surface area contributed by atoms with Crippen molar-refractivity contribution in [2.24, 2.45) is 0 Å². The Morgan fingerprint density at radius 2 is 1.97 bits per heavy atom. The summed E-state index contributed by atoms with van der Waals surface area (Å²) in [4.78, 5) is 21.8. The van der Waals surface area contributed by atoms with Gasteiger partial charge in [0.05, 0.1) is 11.7 Å². The molecule has 9 heteroatoms. The molecule has 3 heterocycles. The summed E-state index contributed by atoms with van der Waals surface area (Å²) in [6.07, 6.45) is 3.94. The van der Waals surface area contributed by atoms with Crippen LogP contribution in [0.3, 0.4) is 0 Å². The predicted octanol–water partition coefficient (Wildman–Crippen LogP) is 3.38. The molecule has 8 nitrogen and oxygen atoms in total. The normalized spacial score (nSPS) is 16.3. The Kier molecular flexibility index (Phi) is 8.02. The van der Waals surface area contributed by atoms with Gasteiger partial charge in [0.15, 0.2) is 11.2 Å². The standard InChI is InChI=1S/C26H31N5O3S/c1-4-28-26(33)22-14-21-16-31(35(34)30-17(2)3)23(10-12-32)24(21)25(29-22)19-8-5-7-18(13-19)20-9-6-11-27-15-20/h5-9,11,13-15,17,23,30,32H,4,10,12,16H2,1-3H3,(H,28,33)/t23-,35?/m1/s1. The van der Waals surface area contributed by atoms with Crippen LogP contribution in [0.4, 0.5) is 0 Å². The number of rotatable bonds is 9. The SMILES string of the molecule is CCNC(=O)c1cc2c(c(-c3cccc(-c4cccnc4)c3)n1)[C@@H](CCO)N(S(=O)NC(C)C)C2. The lowest BCUT2D eigenvalue weighted by Gasteiger charge is -2.25. The largest absolute Gasteiger partial charge is 0.396 e. The number of nitrogens with zero attached hydrogens (tertiary/aromatic N) is 3. The molecule has 1 unspecified atom stereocenters. The van der Waals surface area contributed by atoms with Crippen LogP contribution in [0.5, 0.6) is 0 Å². The Hall–Kier alpha value is -2.98. The maximum Gasteiger partial charge on any atom is 0.269 e. The summed E-state index contributed by atoms with van der Waals surface area (Å²) in [7, 11) is 0. The highest BCUT2D eigenvalue weighted by molar-refractivity contribution is 7.80. The average Bonchev–Trinajstić information content (AvgIpc) is 3.23. The van der Waals surface area contributed by atoms with Gasteiger partial charge in [0.25, 0.3) is 5.91 Å². The Bertz CT molecular complexity index is 1220. The van der Waals surface area contributed by atoms with Gasteiger partial charge in [-0.15, -0.1) is 0 Å². The predicted molar refractivity (Wildman–Crippen MR) is 137 cm³/mol. The minimum atomic E-state index is -1.47. The number of carbonyl (C=O) groups excluding carboxylic acids is 1. The van der Waals surface area contributed by atoms with Gasteiger partial charge in [-0.1, -0.05) is 24.3 Å². The number of pyridine rings is 2. The van der Waals surface area contributed by atoms with Crippen molar-refractivity contribution in [2.75, 3.05) is 13.2 Å². The molecule has 0 radical (unpaired) electrons. The Labute approximate surface area is 208 Å². The number of hydrogen-bond donors (Lipinski definition) is 3. The fourth-order valence-electron chi connectivity index (χ4n) is 4.35. The van der Waals surface area contributed by atoms with Crippen LogP contribution in [0.25, 0.3) is 22.4 Å². The third-order valence-corrected chi connectivity index (χ3v) is 7.29. The summed E-state index contributed by atoms with van der Waals surface area (Å²) in [6, 6.07) is 13.3. The fourth-order valence-corrected chi connectivity index (χ4v) is 5.59. The molecule has 0 saturated carbocycles. The highest BCUT2D eigenvalue weighted by atomic mass is 32.2. The van der Waals surface area contributed by atoms with Gasteiger partial charge in [-0.25, -0.2) is 13.9 Å². The van der Waals surface area contributed by atoms with Crippen molar-refractivity contribution in [1.29, 1.82) is 0 Å². The molecular weight excluding hydrogens is 462 g/mol. The maximum atomic E-state index is 13.2. The molecule has 1 aliphatic rings. The zero-order valence-electron chi connectivity index (χ0n) is 20.2. The first-order valence-electron chi connectivity index (χ1n) is 11.8. The summed E-state index contributed by atoms with van der Waals surface area (Å²) in [5.74, 6) is -0.251. The van der Waals surface area contributed by atoms with Crippen molar-refractivity contribution in [3.05, 3.63) is 71.7 Å². The van der Waals surface area contributed by atoms with Crippen LogP contribution >= 0.6 is 0 Å².